The molecule has 0 aliphatic carbocycles. The monoisotopic (exact) mass is 260 g/mol. The maximum absolute atomic E-state index is 11.9. The lowest BCUT2D eigenvalue weighted by atomic mass is 10.1. The minimum absolute atomic E-state index is 0.0110. The summed E-state index contributed by atoms with van der Waals surface area (Å²) in [6.07, 6.45) is 4.64. The summed E-state index contributed by atoms with van der Waals surface area (Å²) < 4.78 is 5.23. The highest BCUT2D eigenvalue weighted by Crippen LogP contribution is 2.06. The minimum atomic E-state index is -0.282. The van der Waals surface area contributed by atoms with E-state index >= 15 is 0 Å². The molecular formula is C14H16N2O3. The molecule has 0 saturated carbocycles. The third kappa shape index (κ3) is 3.84. The first-order valence-electron chi connectivity index (χ1n) is 6.17. The molecule has 1 amide bonds. The molecule has 0 radical (unpaired) electrons. The number of aromatic nitrogens is 1. The highest BCUT2D eigenvalue weighted by molar-refractivity contribution is 5.94. The van der Waals surface area contributed by atoms with Gasteiger partial charge >= 0.3 is 0 Å². The second-order valence-corrected chi connectivity index (χ2v) is 4.43. The average molecular weight is 260 g/mol. The molecule has 2 aromatic heterocycles. The maximum Gasteiger partial charge on any atom is 0.251 e. The maximum atomic E-state index is 11.9. The SMILES string of the molecule is CC(CCc1ccco1)NC(=O)c1cc[nH]c(=O)c1. The second kappa shape index (κ2) is 6.04. The van der Waals surface area contributed by atoms with Gasteiger partial charge in [0.25, 0.3) is 5.91 Å². The number of carbonyl (C=O) groups is 1. The van der Waals surface area contributed by atoms with Crippen LogP contribution in [0.2, 0.25) is 0 Å². The van der Waals surface area contributed by atoms with E-state index in [1.165, 1.54) is 12.3 Å². The molecule has 5 nitrogen and oxygen atoms in total. The van der Waals surface area contributed by atoms with Gasteiger partial charge in [0.15, 0.2) is 0 Å². The van der Waals surface area contributed by atoms with Gasteiger partial charge in [0, 0.05) is 30.3 Å². The third-order valence-electron chi connectivity index (χ3n) is 2.82. The molecule has 5 heteroatoms. The zero-order valence-electron chi connectivity index (χ0n) is 10.7. The van der Waals surface area contributed by atoms with Crippen molar-refractivity contribution in [2.75, 3.05) is 0 Å². The Hall–Kier alpha value is -2.30. The molecule has 0 fully saturated rings. The number of aromatic amines is 1. The first-order valence-corrected chi connectivity index (χ1v) is 6.17. The van der Waals surface area contributed by atoms with E-state index in [2.05, 4.69) is 10.3 Å². The first kappa shape index (κ1) is 13.1. The van der Waals surface area contributed by atoms with Gasteiger partial charge in [-0.05, 0) is 31.5 Å². The van der Waals surface area contributed by atoms with Crippen LogP contribution >= 0.6 is 0 Å². The van der Waals surface area contributed by atoms with E-state index in [1.54, 1.807) is 12.3 Å². The normalized spacial score (nSPS) is 12.1. The highest BCUT2D eigenvalue weighted by Gasteiger charge is 2.10. The Labute approximate surface area is 110 Å². The van der Waals surface area contributed by atoms with Gasteiger partial charge in [-0.15, -0.1) is 0 Å². The van der Waals surface area contributed by atoms with Crippen LogP contribution in [0, 0.1) is 0 Å². The number of H-pyrrole nitrogens is 1. The smallest absolute Gasteiger partial charge is 0.251 e. The second-order valence-electron chi connectivity index (χ2n) is 4.43. The zero-order valence-corrected chi connectivity index (χ0v) is 10.7. The molecule has 2 N–H and O–H groups in total. The van der Waals surface area contributed by atoms with Gasteiger partial charge in [0.05, 0.1) is 6.26 Å². The van der Waals surface area contributed by atoms with Crippen molar-refractivity contribution in [2.24, 2.45) is 0 Å². The summed E-state index contributed by atoms with van der Waals surface area (Å²) in [6.45, 7) is 1.92. The number of rotatable bonds is 5. The molecule has 2 heterocycles. The Balaban J connectivity index is 1.86. The van der Waals surface area contributed by atoms with Crippen LogP contribution in [-0.4, -0.2) is 16.9 Å². The summed E-state index contributed by atoms with van der Waals surface area (Å²) >= 11 is 0. The number of carbonyl (C=O) groups excluding carboxylic acids is 1. The van der Waals surface area contributed by atoms with E-state index in [4.69, 9.17) is 4.42 Å². The van der Waals surface area contributed by atoms with Gasteiger partial charge in [-0.25, -0.2) is 0 Å². The average Bonchev–Trinajstić information content (AvgIpc) is 2.89. The number of hydrogen-bond donors (Lipinski definition) is 2. The van der Waals surface area contributed by atoms with Crippen molar-refractivity contribution in [3.8, 4) is 0 Å². The minimum Gasteiger partial charge on any atom is -0.469 e. The Morgan fingerprint density at radius 1 is 1.47 bits per heavy atom. The molecule has 2 rings (SSSR count). The number of furan rings is 1. The summed E-state index contributed by atoms with van der Waals surface area (Å²) in [4.78, 5) is 25.5. The molecule has 2 aromatic rings. The van der Waals surface area contributed by atoms with E-state index < -0.39 is 0 Å². The van der Waals surface area contributed by atoms with Crippen molar-refractivity contribution >= 4 is 5.91 Å². The summed E-state index contributed by atoms with van der Waals surface area (Å²) in [5.74, 6) is 0.662. The molecule has 0 bridgehead atoms. The molecule has 1 unspecified atom stereocenters. The molecule has 19 heavy (non-hydrogen) atoms. The number of pyridine rings is 1. The summed E-state index contributed by atoms with van der Waals surface area (Å²) in [5.41, 5.74) is 0.0875. The van der Waals surface area contributed by atoms with Gasteiger partial charge in [-0.2, -0.15) is 0 Å². The van der Waals surface area contributed by atoms with Crippen molar-refractivity contribution in [3.05, 3.63) is 58.4 Å². The van der Waals surface area contributed by atoms with Crippen LogP contribution in [0.15, 0.2) is 45.9 Å². The van der Waals surface area contributed by atoms with E-state index in [1.807, 2.05) is 19.1 Å². The standard InChI is InChI=1S/C14H16N2O3/c1-10(4-5-12-3-2-8-19-12)16-14(18)11-6-7-15-13(17)9-11/h2-3,6-10H,4-5H2,1H3,(H,15,17)(H,16,18). The Kier molecular flexibility index (Phi) is 4.18. The van der Waals surface area contributed by atoms with Crippen LogP contribution in [-0.2, 0) is 6.42 Å². The third-order valence-corrected chi connectivity index (χ3v) is 2.82. The molecular weight excluding hydrogens is 244 g/mol. The van der Waals surface area contributed by atoms with E-state index in [9.17, 15) is 9.59 Å². The van der Waals surface area contributed by atoms with Crippen molar-refractivity contribution in [1.29, 1.82) is 0 Å². The van der Waals surface area contributed by atoms with E-state index in [-0.39, 0.29) is 17.5 Å². The molecule has 0 aliphatic rings. The number of amides is 1. The zero-order chi connectivity index (χ0) is 13.7. The van der Waals surface area contributed by atoms with Crippen molar-refractivity contribution in [1.82, 2.24) is 10.3 Å². The largest absolute Gasteiger partial charge is 0.469 e. The predicted octanol–water partition coefficient (Wildman–Crippen LogP) is 1.72. The number of nitrogens with one attached hydrogen (secondary N) is 2. The van der Waals surface area contributed by atoms with Gasteiger partial charge in [-0.1, -0.05) is 0 Å². The van der Waals surface area contributed by atoms with E-state index in [0.29, 0.717) is 5.56 Å². The fourth-order valence-corrected chi connectivity index (χ4v) is 1.78. The molecule has 0 saturated heterocycles. The molecule has 0 aromatic carbocycles. The van der Waals surface area contributed by atoms with Crippen molar-refractivity contribution in [2.45, 2.75) is 25.8 Å². The fourth-order valence-electron chi connectivity index (χ4n) is 1.78. The van der Waals surface area contributed by atoms with Crippen LogP contribution in [0.5, 0.6) is 0 Å². The quantitative estimate of drug-likeness (QED) is 0.859. The predicted molar refractivity (Wildman–Crippen MR) is 71.0 cm³/mol. The van der Waals surface area contributed by atoms with Gasteiger partial charge in [0.1, 0.15) is 5.76 Å². The van der Waals surface area contributed by atoms with Gasteiger partial charge in [0.2, 0.25) is 5.56 Å². The van der Waals surface area contributed by atoms with Crippen molar-refractivity contribution < 1.29 is 9.21 Å². The van der Waals surface area contributed by atoms with Crippen LogP contribution in [0.3, 0.4) is 0 Å². The lowest BCUT2D eigenvalue weighted by molar-refractivity contribution is 0.0938. The van der Waals surface area contributed by atoms with Crippen LogP contribution < -0.4 is 10.9 Å². The molecule has 1 atom stereocenters. The summed E-state index contributed by atoms with van der Waals surface area (Å²) in [7, 11) is 0. The molecule has 100 valence electrons. The highest BCUT2D eigenvalue weighted by atomic mass is 16.3. The van der Waals surface area contributed by atoms with Gasteiger partial charge in [-0.3, -0.25) is 9.59 Å². The lowest BCUT2D eigenvalue weighted by Crippen LogP contribution is -2.33. The number of hydrogen-bond acceptors (Lipinski definition) is 3. The fraction of sp³-hybridized carbons (Fsp3) is 0.286. The summed E-state index contributed by atoms with van der Waals surface area (Å²) in [5, 5.41) is 2.85. The Morgan fingerprint density at radius 2 is 2.32 bits per heavy atom. The summed E-state index contributed by atoms with van der Waals surface area (Å²) in [6, 6.07) is 6.63. The van der Waals surface area contributed by atoms with Crippen molar-refractivity contribution in [3.63, 3.8) is 0 Å². The van der Waals surface area contributed by atoms with E-state index in [0.717, 1.165) is 18.6 Å². The molecule has 0 aliphatic heterocycles. The van der Waals surface area contributed by atoms with Crippen LogP contribution in [0.25, 0.3) is 0 Å². The Morgan fingerprint density at radius 3 is 3.00 bits per heavy atom. The van der Waals surface area contributed by atoms with Crippen LogP contribution in [0.4, 0.5) is 0 Å². The van der Waals surface area contributed by atoms with Crippen LogP contribution in [0.1, 0.15) is 29.5 Å². The topological polar surface area (TPSA) is 75.1 Å². The van der Waals surface area contributed by atoms with Gasteiger partial charge < -0.3 is 14.7 Å². The Bertz CT molecular complexity index is 587. The molecule has 0 spiro atoms. The number of aryl methyl sites for hydroxylation is 1. The first-order chi connectivity index (χ1) is 9.15. The lowest BCUT2D eigenvalue weighted by Gasteiger charge is -2.12.